The molecule has 1 N–H and O–H groups in total. The van der Waals surface area contributed by atoms with E-state index in [1.807, 2.05) is 12.4 Å². The Balaban J connectivity index is 2.08. The Morgan fingerprint density at radius 2 is 1.86 bits per heavy atom. The normalized spacial score (nSPS) is 12.6. The molecule has 1 atom stereocenters. The van der Waals surface area contributed by atoms with E-state index in [0.717, 1.165) is 24.0 Å². The second-order valence-corrected chi connectivity index (χ2v) is 6.79. The molecule has 2 aromatic rings. The fourth-order valence-electron chi connectivity index (χ4n) is 2.43. The Hall–Kier alpha value is -1.19. The summed E-state index contributed by atoms with van der Waals surface area (Å²) in [5.74, 6) is 1.15. The molecule has 0 aliphatic rings. The van der Waals surface area contributed by atoms with Crippen LogP contribution in [-0.4, -0.2) is 18.1 Å². The lowest BCUT2D eigenvalue weighted by atomic mass is 9.92. The fraction of sp³-hybridized carbons (Fsp3) is 0.389. The average molecular weight is 347 g/mol. The molecule has 21 heavy (non-hydrogen) atoms. The van der Waals surface area contributed by atoms with Gasteiger partial charge in [0, 0.05) is 29.3 Å². The zero-order chi connectivity index (χ0) is 15.1. The van der Waals surface area contributed by atoms with Gasteiger partial charge < -0.3 is 5.32 Å². The standard InChI is InChI=1S/C18H23BrN2/c1-14(2)10-20-12-17(16-6-4-3-5-7-16)8-15-9-18(19)13-21-11-15/h3-7,9,11,13-14,17,20H,8,10,12H2,1-2H3. The van der Waals surface area contributed by atoms with Crippen LogP contribution in [0.5, 0.6) is 0 Å². The molecule has 1 heterocycles. The summed E-state index contributed by atoms with van der Waals surface area (Å²) in [4.78, 5) is 4.27. The first-order chi connectivity index (χ1) is 10.1. The summed E-state index contributed by atoms with van der Waals surface area (Å²) < 4.78 is 1.04. The summed E-state index contributed by atoms with van der Waals surface area (Å²) >= 11 is 3.50. The fourth-order valence-corrected chi connectivity index (χ4v) is 2.84. The van der Waals surface area contributed by atoms with E-state index in [1.165, 1.54) is 11.1 Å². The maximum atomic E-state index is 4.27. The summed E-state index contributed by atoms with van der Waals surface area (Å²) in [5, 5.41) is 3.59. The van der Waals surface area contributed by atoms with Crippen molar-refractivity contribution in [3.63, 3.8) is 0 Å². The minimum Gasteiger partial charge on any atom is -0.316 e. The summed E-state index contributed by atoms with van der Waals surface area (Å²) in [6, 6.07) is 12.9. The van der Waals surface area contributed by atoms with Gasteiger partial charge in [-0.2, -0.15) is 0 Å². The van der Waals surface area contributed by atoms with E-state index in [2.05, 4.69) is 76.5 Å². The first-order valence-electron chi connectivity index (χ1n) is 7.50. The van der Waals surface area contributed by atoms with Crippen LogP contribution in [0.3, 0.4) is 0 Å². The van der Waals surface area contributed by atoms with Gasteiger partial charge in [-0.05, 0) is 52.0 Å². The third-order valence-electron chi connectivity index (χ3n) is 3.46. The molecule has 0 aliphatic carbocycles. The van der Waals surface area contributed by atoms with Crippen molar-refractivity contribution in [3.8, 4) is 0 Å². The third-order valence-corrected chi connectivity index (χ3v) is 3.89. The molecule has 0 amide bonds. The van der Waals surface area contributed by atoms with Gasteiger partial charge in [-0.3, -0.25) is 4.98 Å². The number of hydrogen-bond donors (Lipinski definition) is 1. The van der Waals surface area contributed by atoms with Crippen molar-refractivity contribution in [1.82, 2.24) is 10.3 Å². The van der Waals surface area contributed by atoms with Crippen molar-refractivity contribution in [2.45, 2.75) is 26.2 Å². The van der Waals surface area contributed by atoms with Crippen LogP contribution in [0, 0.1) is 5.92 Å². The highest BCUT2D eigenvalue weighted by atomic mass is 79.9. The van der Waals surface area contributed by atoms with Crippen LogP contribution in [-0.2, 0) is 6.42 Å². The molecule has 1 aromatic carbocycles. The molecule has 0 fully saturated rings. The molecule has 1 unspecified atom stereocenters. The van der Waals surface area contributed by atoms with Crippen molar-refractivity contribution in [2.75, 3.05) is 13.1 Å². The smallest absolute Gasteiger partial charge is 0.0410 e. The van der Waals surface area contributed by atoms with E-state index in [1.54, 1.807) is 0 Å². The SMILES string of the molecule is CC(C)CNCC(Cc1cncc(Br)c1)c1ccccc1. The van der Waals surface area contributed by atoms with Crippen molar-refractivity contribution in [1.29, 1.82) is 0 Å². The molecular weight excluding hydrogens is 324 g/mol. The Labute approximate surface area is 136 Å². The van der Waals surface area contributed by atoms with Crippen molar-refractivity contribution >= 4 is 15.9 Å². The number of nitrogens with one attached hydrogen (secondary N) is 1. The van der Waals surface area contributed by atoms with E-state index in [0.29, 0.717) is 11.8 Å². The Kier molecular flexibility index (Phi) is 6.40. The highest BCUT2D eigenvalue weighted by Crippen LogP contribution is 2.21. The second kappa shape index (κ2) is 8.30. The predicted molar refractivity (Wildman–Crippen MR) is 92.5 cm³/mol. The molecule has 0 saturated carbocycles. The first kappa shape index (κ1) is 16.2. The van der Waals surface area contributed by atoms with Crippen molar-refractivity contribution in [3.05, 3.63) is 64.4 Å². The van der Waals surface area contributed by atoms with E-state index >= 15 is 0 Å². The molecule has 0 spiro atoms. The number of aromatic nitrogens is 1. The molecule has 2 rings (SSSR count). The lowest BCUT2D eigenvalue weighted by Gasteiger charge is -2.19. The molecule has 0 saturated heterocycles. The molecule has 0 bridgehead atoms. The lowest BCUT2D eigenvalue weighted by molar-refractivity contribution is 0.514. The van der Waals surface area contributed by atoms with E-state index in [9.17, 15) is 0 Å². The van der Waals surface area contributed by atoms with Gasteiger partial charge in [-0.15, -0.1) is 0 Å². The summed E-state index contributed by atoms with van der Waals surface area (Å²) in [5.41, 5.74) is 2.65. The van der Waals surface area contributed by atoms with Crippen LogP contribution in [0.4, 0.5) is 0 Å². The van der Waals surface area contributed by atoms with Gasteiger partial charge in [0.2, 0.25) is 0 Å². The van der Waals surface area contributed by atoms with Gasteiger partial charge in [0.25, 0.3) is 0 Å². The summed E-state index contributed by atoms with van der Waals surface area (Å²) in [6.07, 6.45) is 4.79. The van der Waals surface area contributed by atoms with E-state index in [4.69, 9.17) is 0 Å². The van der Waals surface area contributed by atoms with E-state index < -0.39 is 0 Å². The number of rotatable bonds is 7. The molecule has 3 heteroatoms. The number of nitrogens with zero attached hydrogens (tertiary/aromatic N) is 1. The van der Waals surface area contributed by atoms with Crippen LogP contribution in [0.25, 0.3) is 0 Å². The highest BCUT2D eigenvalue weighted by Gasteiger charge is 2.12. The average Bonchev–Trinajstić information content (AvgIpc) is 2.47. The van der Waals surface area contributed by atoms with Crippen LogP contribution in [0.15, 0.2) is 53.3 Å². The van der Waals surface area contributed by atoms with Gasteiger partial charge in [0.15, 0.2) is 0 Å². The Bertz CT molecular complexity index is 540. The first-order valence-corrected chi connectivity index (χ1v) is 8.29. The molecular formula is C18H23BrN2. The number of benzene rings is 1. The number of hydrogen-bond acceptors (Lipinski definition) is 2. The van der Waals surface area contributed by atoms with Crippen LogP contribution in [0.1, 0.15) is 30.9 Å². The van der Waals surface area contributed by atoms with Crippen LogP contribution in [0.2, 0.25) is 0 Å². The summed E-state index contributed by atoms with van der Waals surface area (Å²) in [7, 11) is 0. The quantitative estimate of drug-likeness (QED) is 0.802. The van der Waals surface area contributed by atoms with Gasteiger partial charge in [0.05, 0.1) is 0 Å². The maximum absolute atomic E-state index is 4.27. The van der Waals surface area contributed by atoms with Crippen LogP contribution < -0.4 is 5.32 Å². The molecule has 112 valence electrons. The molecule has 0 aliphatic heterocycles. The minimum absolute atomic E-state index is 0.473. The largest absolute Gasteiger partial charge is 0.316 e. The second-order valence-electron chi connectivity index (χ2n) is 5.88. The summed E-state index contributed by atoms with van der Waals surface area (Å²) in [6.45, 7) is 6.53. The van der Waals surface area contributed by atoms with Gasteiger partial charge in [0.1, 0.15) is 0 Å². The zero-order valence-corrected chi connectivity index (χ0v) is 14.3. The monoisotopic (exact) mass is 346 g/mol. The Morgan fingerprint density at radius 3 is 2.52 bits per heavy atom. The molecule has 0 radical (unpaired) electrons. The van der Waals surface area contributed by atoms with Crippen LogP contribution >= 0.6 is 15.9 Å². The van der Waals surface area contributed by atoms with Gasteiger partial charge >= 0.3 is 0 Å². The topological polar surface area (TPSA) is 24.9 Å². The lowest BCUT2D eigenvalue weighted by Crippen LogP contribution is -2.26. The van der Waals surface area contributed by atoms with Crippen molar-refractivity contribution < 1.29 is 0 Å². The minimum atomic E-state index is 0.473. The highest BCUT2D eigenvalue weighted by molar-refractivity contribution is 9.10. The number of halogens is 1. The zero-order valence-electron chi connectivity index (χ0n) is 12.7. The van der Waals surface area contributed by atoms with E-state index in [-0.39, 0.29) is 0 Å². The number of pyridine rings is 1. The maximum Gasteiger partial charge on any atom is 0.0410 e. The molecule has 2 nitrogen and oxygen atoms in total. The molecule has 1 aromatic heterocycles. The Morgan fingerprint density at radius 1 is 1.10 bits per heavy atom. The van der Waals surface area contributed by atoms with Crippen molar-refractivity contribution in [2.24, 2.45) is 5.92 Å². The predicted octanol–water partition coefficient (Wildman–Crippen LogP) is 4.42. The van der Waals surface area contributed by atoms with Gasteiger partial charge in [-0.1, -0.05) is 44.2 Å². The third kappa shape index (κ3) is 5.60. The van der Waals surface area contributed by atoms with Gasteiger partial charge in [-0.25, -0.2) is 0 Å².